The van der Waals surface area contributed by atoms with Crippen LogP contribution >= 0.6 is 0 Å². The number of nitrogens with zero attached hydrogens (tertiary/aromatic N) is 4. The van der Waals surface area contributed by atoms with Gasteiger partial charge < -0.3 is 14.6 Å². The standard InChI is InChI=1S/C19H33N5O3/c1-3-17-21-18(27-22-17)14-23-10-6-16(7-11-23)24-9-4-5-15(13-24)19(25)20-8-12-26-2/h15-16H,3-14H2,1-2H3,(H,20,25)/t15-/m1/s1. The van der Waals surface area contributed by atoms with Gasteiger partial charge in [-0.05, 0) is 32.2 Å². The highest BCUT2D eigenvalue weighted by molar-refractivity contribution is 5.78. The van der Waals surface area contributed by atoms with Gasteiger partial charge in [-0.25, -0.2) is 0 Å². The topological polar surface area (TPSA) is 83.7 Å². The smallest absolute Gasteiger partial charge is 0.240 e. The molecule has 8 heteroatoms. The number of aromatic nitrogens is 2. The molecular weight excluding hydrogens is 346 g/mol. The average molecular weight is 380 g/mol. The van der Waals surface area contributed by atoms with E-state index in [0.717, 1.165) is 76.5 Å². The van der Waals surface area contributed by atoms with Crippen molar-refractivity contribution in [2.45, 2.75) is 51.6 Å². The molecular formula is C19H33N5O3. The molecule has 1 aromatic heterocycles. The zero-order valence-corrected chi connectivity index (χ0v) is 16.7. The molecule has 8 nitrogen and oxygen atoms in total. The summed E-state index contributed by atoms with van der Waals surface area (Å²) >= 11 is 0. The summed E-state index contributed by atoms with van der Waals surface area (Å²) in [5, 5.41) is 6.97. The van der Waals surface area contributed by atoms with Gasteiger partial charge >= 0.3 is 0 Å². The molecule has 3 heterocycles. The monoisotopic (exact) mass is 379 g/mol. The number of likely N-dealkylation sites (tertiary alicyclic amines) is 2. The van der Waals surface area contributed by atoms with E-state index in [1.165, 1.54) is 0 Å². The number of carbonyl (C=O) groups is 1. The Kier molecular flexibility index (Phi) is 7.60. The van der Waals surface area contributed by atoms with Gasteiger partial charge in [0, 0.05) is 45.8 Å². The molecule has 0 aromatic carbocycles. The van der Waals surface area contributed by atoms with Crippen LogP contribution in [0.4, 0.5) is 0 Å². The second-order valence-electron chi connectivity index (χ2n) is 7.58. The molecule has 2 saturated heterocycles. The first kappa shape index (κ1) is 20.2. The van der Waals surface area contributed by atoms with Gasteiger partial charge in [0.15, 0.2) is 5.82 Å². The molecule has 1 aromatic rings. The van der Waals surface area contributed by atoms with Crippen LogP contribution in [0.15, 0.2) is 4.52 Å². The summed E-state index contributed by atoms with van der Waals surface area (Å²) in [5.41, 5.74) is 0. The van der Waals surface area contributed by atoms with Gasteiger partial charge in [0.2, 0.25) is 11.8 Å². The van der Waals surface area contributed by atoms with Gasteiger partial charge in [0.05, 0.1) is 19.1 Å². The SMILES string of the molecule is CCc1noc(CN2CCC(N3CCC[C@@H](C(=O)NCCOC)C3)CC2)n1. The summed E-state index contributed by atoms with van der Waals surface area (Å²) in [7, 11) is 1.65. The van der Waals surface area contributed by atoms with Gasteiger partial charge in [-0.15, -0.1) is 0 Å². The van der Waals surface area contributed by atoms with Crippen molar-refractivity contribution < 1.29 is 14.1 Å². The number of amides is 1. The number of hydrogen-bond donors (Lipinski definition) is 1. The Bertz CT molecular complexity index is 586. The minimum atomic E-state index is 0.111. The number of hydrogen-bond acceptors (Lipinski definition) is 7. The largest absolute Gasteiger partial charge is 0.383 e. The van der Waals surface area contributed by atoms with E-state index in [4.69, 9.17) is 9.26 Å². The zero-order chi connectivity index (χ0) is 19.1. The van der Waals surface area contributed by atoms with E-state index in [0.29, 0.717) is 19.2 Å². The van der Waals surface area contributed by atoms with Crippen molar-refractivity contribution in [3.8, 4) is 0 Å². The van der Waals surface area contributed by atoms with Crippen LogP contribution in [0, 0.1) is 5.92 Å². The molecule has 2 aliphatic heterocycles. The lowest BCUT2D eigenvalue weighted by Crippen LogP contribution is -2.50. The van der Waals surface area contributed by atoms with E-state index in [1.54, 1.807) is 7.11 Å². The summed E-state index contributed by atoms with van der Waals surface area (Å²) in [4.78, 5) is 21.7. The molecule has 0 radical (unpaired) electrons. The van der Waals surface area contributed by atoms with Gasteiger partial charge in [-0.1, -0.05) is 12.1 Å². The highest BCUT2D eigenvalue weighted by Gasteiger charge is 2.31. The molecule has 0 saturated carbocycles. The number of ether oxygens (including phenoxy) is 1. The fourth-order valence-electron chi connectivity index (χ4n) is 4.10. The first-order chi connectivity index (χ1) is 13.2. The molecule has 0 bridgehead atoms. The van der Waals surface area contributed by atoms with E-state index in [1.807, 2.05) is 6.92 Å². The minimum absolute atomic E-state index is 0.111. The maximum absolute atomic E-state index is 12.4. The summed E-state index contributed by atoms with van der Waals surface area (Å²) in [5.74, 6) is 1.79. The first-order valence-electron chi connectivity index (χ1n) is 10.2. The number of aryl methyl sites for hydroxylation is 1. The molecule has 0 aliphatic carbocycles. The van der Waals surface area contributed by atoms with Crippen LogP contribution in [0.3, 0.4) is 0 Å². The Balaban J connectivity index is 1.42. The van der Waals surface area contributed by atoms with Crippen LogP contribution in [0.1, 0.15) is 44.3 Å². The number of piperidine rings is 2. The van der Waals surface area contributed by atoms with Crippen molar-refractivity contribution in [1.82, 2.24) is 25.3 Å². The van der Waals surface area contributed by atoms with Crippen LogP contribution in [-0.4, -0.2) is 78.3 Å². The lowest BCUT2D eigenvalue weighted by atomic mass is 9.93. The maximum Gasteiger partial charge on any atom is 0.240 e. The Morgan fingerprint density at radius 1 is 1.30 bits per heavy atom. The van der Waals surface area contributed by atoms with E-state index >= 15 is 0 Å². The molecule has 2 aliphatic rings. The predicted molar refractivity (Wildman–Crippen MR) is 101 cm³/mol. The second-order valence-corrected chi connectivity index (χ2v) is 7.58. The highest BCUT2D eigenvalue weighted by atomic mass is 16.5. The molecule has 152 valence electrons. The van der Waals surface area contributed by atoms with Crippen molar-refractivity contribution in [3.05, 3.63) is 11.7 Å². The van der Waals surface area contributed by atoms with Gasteiger partial charge in [-0.3, -0.25) is 14.6 Å². The van der Waals surface area contributed by atoms with Crippen molar-refractivity contribution in [1.29, 1.82) is 0 Å². The van der Waals surface area contributed by atoms with Crippen molar-refractivity contribution in [2.24, 2.45) is 5.92 Å². The lowest BCUT2D eigenvalue weighted by Gasteiger charge is -2.41. The normalized spacial score (nSPS) is 22.8. The number of rotatable bonds is 8. The molecule has 27 heavy (non-hydrogen) atoms. The molecule has 1 N–H and O–H groups in total. The second kappa shape index (κ2) is 10.1. The van der Waals surface area contributed by atoms with Crippen LogP contribution in [-0.2, 0) is 22.5 Å². The Morgan fingerprint density at radius 2 is 2.11 bits per heavy atom. The lowest BCUT2D eigenvalue weighted by molar-refractivity contribution is -0.127. The molecule has 2 fully saturated rings. The average Bonchev–Trinajstić information content (AvgIpc) is 3.16. The summed E-state index contributed by atoms with van der Waals surface area (Å²) in [6.07, 6.45) is 5.16. The Morgan fingerprint density at radius 3 is 2.81 bits per heavy atom. The first-order valence-corrected chi connectivity index (χ1v) is 10.2. The number of carbonyl (C=O) groups excluding carboxylic acids is 1. The Hall–Kier alpha value is -1.51. The third-order valence-electron chi connectivity index (χ3n) is 5.69. The van der Waals surface area contributed by atoms with Crippen LogP contribution < -0.4 is 5.32 Å². The van der Waals surface area contributed by atoms with Gasteiger partial charge in [0.1, 0.15) is 0 Å². The van der Waals surface area contributed by atoms with Crippen LogP contribution in [0.5, 0.6) is 0 Å². The van der Waals surface area contributed by atoms with E-state index in [-0.39, 0.29) is 11.8 Å². The van der Waals surface area contributed by atoms with Gasteiger partial charge in [0.25, 0.3) is 0 Å². The van der Waals surface area contributed by atoms with E-state index in [9.17, 15) is 4.79 Å². The summed E-state index contributed by atoms with van der Waals surface area (Å²) in [6.45, 7) is 8.00. The predicted octanol–water partition coefficient (Wildman–Crippen LogP) is 1.07. The molecule has 1 amide bonds. The minimum Gasteiger partial charge on any atom is -0.383 e. The highest BCUT2D eigenvalue weighted by Crippen LogP contribution is 2.24. The van der Waals surface area contributed by atoms with Crippen LogP contribution in [0.25, 0.3) is 0 Å². The molecule has 0 unspecified atom stereocenters. The van der Waals surface area contributed by atoms with Crippen molar-refractivity contribution in [2.75, 3.05) is 46.4 Å². The third-order valence-corrected chi connectivity index (χ3v) is 5.69. The fourth-order valence-corrected chi connectivity index (χ4v) is 4.10. The van der Waals surface area contributed by atoms with E-state index < -0.39 is 0 Å². The number of methoxy groups -OCH3 is 1. The van der Waals surface area contributed by atoms with Crippen LogP contribution in [0.2, 0.25) is 0 Å². The third kappa shape index (κ3) is 5.73. The zero-order valence-electron chi connectivity index (χ0n) is 16.7. The quantitative estimate of drug-likeness (QED) is 0.677. The molecule has 3 rings (SSSR count). The van der Waals surface area contributed by atoms with Crippen molar-refractivity contribution >= 4 is 5.91 Å². The molecule has 1 atom stereocenters. The maximum atomic E-state index is 12.4. The Labute approximate surface area is 161 Å². The summed E-state index contributed by atoms with van der Waals surface area (Å²) < 4.78 is 10.3. The fraction of sp³-hybridized carbons (Fsp3) is 0.842. The van der Waals surface area contributed by atoms with Crippen molar-refractivity contribution in [3.63, 3.8) is 0 Å². The summed E-state index contributed by atoms with van der Waals surface area (Å²) in [6, 6.07) is 0.574. The van der Waals surface area contributed by atoms with Gasteiger partial charge in [-0.2, -0.15) is 4.98 Å². The number of nitrogens with one attached hydrogen (secondary N) is 1. The van der Waals surface area contributed by atoms with E-state index in [2.05, 4.69) is 25.3 Å². The molecule has 0 spiro atoms.